The van der Waals surface area contributed by atoms with Gasteiger partial charge in [-0.05, 0) is 36.4 Å². The molecule has 0 bridgehead atoms. The van der Waals surface area contributed by atoms with Gasteiger partial charge in [0.1, 0.15) is 11.6 Å². The van der Waals surface area contributed by atoms with Crippen LogP contribution in [-0.2, 0) is 0 Å². The second-order valence-electron chi connectivity index (χ2n) is 5.85. The summed E-state index contributed by atoms with van der Waals surface area (Å²) in [6, 6.07) is 11.4. The van der Waals surface area contributed by atoms with Gasteiger partial charge in [-0.2, -0.15) is 8.78 Å². The Hall–Kier alpha value is -3.03. The molecule has 136 valence electrons. The molecule has 2 aromatic carbocycles. The Bertz CT molecular complexity index is 908. The van der Waals surface area contributed by atoms with E-state index >= 15 is 0 Å². The predicted molar refractivity (Wildman–Crippen MR) is 92.8 cm³/mol. The monoisotopic (exact) mass is 362 g/mol. The van der Waals surface area contributed by atoms with Gasteiger partial charge in [0.2, 0.25) is 0 Å². The molecule has 0 aliphatic rings. The van der Waals surface area contributed by atoms with Crippen LogP contribution in [0, 0.1) is 5.82 Å². The van der Waals surface area contributed by atoms with E-state index in [1.807, 2.05) is 0 Å². The molecule has 1 aromatic heterocycles. The maximum atomic E-state index is 13.5. The molecule has 0 saturated carbocycles. The summed E-state index contributed by atoms with van der Waals surface area (Å²) in [7, 11) is 0. The average molecular weight is 362 g/mol. The van der Waals surface area contributed by atoms with Gasteiger partial charge in [-0.15, -0.1) is 0 Å². The first-order valence-corrected chi connectivity index (χ1v) is 8.01. The first-order valence-electron chi connectivity index (χ1n) is 8.01. The second kappa shape index (κ2) is 7.47. The summed E-state index contributed by atoms with van der Waals surface area (Å²) < 4.78 is 40.7. The minimum absolute atomic E-state index is 0.114. The Morgan fingerprint density at radius 1 is 1.15 bits per heavy atom. The summed E-state index contributed by atoms with van der Waals surface area (Å²) in [6.07, 6.45) is 0. The second-order valence-corrected chi connectivity index (χ2v) is 5.85. The van der Waals surface area contributed by atoms with E-state index in [4.69, 9.17) is 0 Å². The van der Waals surface area contributed by atoms with Crippen LogP contribution in [0.15, 0.2) is 48.5 Å². The van der Waals surface area contributed by atoms with Crippen molar-refractivity contribution in [2.24, 2.45) is 0 Å². The molecule has 0 saturated heterocycles. The summed E-state index contributed by atoms with van der Waals surface area (Å²) in [5.41, 5.74) is 1.25. The Morgan fingerprint density at radius 2 is 1.85 bits per heavy atom. The molecule has 1 atom stereocenters. The van der Waals surface area contributed by atoms with Gasteiger partial charge in [0.15, 0.2) is 0 Å². The van der Waals surface area contributed by atoms with E-state index in [9.17, 15) is 18.0 Å². The normalized spacial score (nSPS) is 12.3. The number of para-hydroxylation sites is 2. The number of anilines is 1. The van der Waals surface area contributed by atoms with Gasteiger partial charge in [0, 0.05) is 18.2 Å². The average Bonchev–Trinajstić information content (AvgIpc) is 3.01. The Balaban J connectivity index is 1.69. The molecule has 3 rings (SSSR count). The molecule has 0 aliphatic heterocycles. The minimum Gasteiger partial charge on any atom is -0.337 e. The third-order valence-corrected chi connectivity index (χ3v) is 3.93. The number of hydrogen-bond acceptors (Lipinski definition) is 2. The number of halogens is 3. The Morgan fingerprint density at radius 3 is 2.54 bits per heavy atom. The summed E-state index contributed by atoms with van der Waals surface area (Å²) in [5.74, 6) is -0.644. The van der Waals surface area contributed by atoms with Crippen LogP contribution in [0.4, 0.5) is 23.7 Å². The zero-order valence-corrected chi connectivity index (χ0v) is 13.9. The molecule has 0 fully saturated rings. The highest BCUT2D eigenvalue weighted by molar-refractivity contribution is 5.89. The van der Waals surface area contributed by atoms with E-state index < -0.39 is 24.3 Å². The molecule has 5 nitrogen and oxygen atoms in total. The lowest BCUT2D eigenvalue weighted by atomic mass is 10.1. The van der Waals surface area contributed by atoms with Crippen molar-refractivity contribution >= 4 is 22.8 Å². The third kappa shape index (κ3) is 3.79. The minimum atomic E-state index is -2.73. The largest absolute Gasteiger partial charge is 0.337 e. The maximum Gasteiger partial charge on any atom is 0.320 e. The van der Waals surface area contributed by atoms with Crippen LogP contribution in [-0.4, -0.2) is 22.1 Å². The summed E-state index contributed by atoms with van der Waals surface area (Å²) in [4.78, 5) is 16.2. The van der Waals surface area contributed by atoms with Gasteiger partial charge in [0.05, 0.1) is 11.0 Å². The zero-order chi connectivity index (χ0) is 18.7. The van der Waals surface area contributed by atoms with Gasteiger partial charge in [-0.3, -0.25) is 4.57 Å². The van der Waals surface area contributed by atoms with Crippen molar-refractivity contribution in [2.75, 3.05) is 11.9 Å². The van der Waals surface area contributed by atoms with Crippen molar-refractivity contribution in [1.82, 2.24) is 14.9 Å². The Kier molecular flexibility index (Phi) is 5.11. The lowest BCUT2D eigenvalue weighted by molar-refractivity contribution is 0.0705. The third-order valence-electron chi connectivity index (χ3n) is 3.93. The molecule has 1 heterocycles. The zero-order valence-electron chi connectivity index (χ0n) is 13.9. The van der Waals surface area contributed by atoms with E-state index in [1.165, 1.54) is 24.3 Å². The quantitative estimate of drug-likeness (QED) is 0.702. The van der Waals surface area contributed by atoms with E-state index in [2.05, 4.69) is 15.6 Å². The number of imidazole rings is 1. The lowest BCUT2D eigenvalue weighted by Crippen LogP contribution is -2.32. The van der Waals surface area contributed by atoms with E-state index in [0.29, 0.717) is 16.7 Å². The van der Waals surface area contributed by atoms with Crippen molar-refractivity contribution in [3.05, 3.63) is 60.2 Å². The molecule has 3 aromatic rings. The molecule has 2 N–H and O–H groups in total. The highest BCUT2D eigenvalue weighted by Crippen LogP contribution is 2.27. The number of urea groups is 1. The van der Waals surface area contributed by atoms with E-state index in [0.717, 1.165) is 4.57 Å². The SMILES string of the molecule is C[C@@H](CNC(=O)Nc1ccc(F)cc1)c1nc2ccccc2n1C(F)F. The summed E-state index contributed by atoms with van der Waals surface area (Å²) >= 11 is 0. The number of carbonyl (C=O) groups is 1. The fourth-order valence-electron chi connectivity index (χ4n) is 2.66. The number of alkyl halides is 2. The van der Waals surface area contributed by atoms with E-state index in [-0.39, 0.29) is 12.4 Å². The molecule has 0 spiro atoms. The van der Waals surface area contributed by atoms with Crippen LogP contribution in [0.2, 0.25) is 0 Å². The van der Waals surface area contributed by atoms with Crippen LogP contribution in [0.5, 0.6) is 0 Å². The van der Waals surface area contributed by atoms with Gasteiger partial charge in [-0.25, -0.2) is 14.2 Å². The van der Waals surface area contributed by atoms with Crippen molar-refractivity contribution in [3.8, 4) is 0 Å². The predicted octanol–water partition coefficient (Wildman–Crippen LogP) is 4.50. The lowest BCUT2D eigenvalue weighted by Gasteiger charge is -2.15. The number of rotatable bonds is 5. The molecule has 8 heteroatoms. The number of benzene rings is 2. The number of amides is 2. The topological polar surface area (TPSA) is 59.0 Å². The van der Waals surface area contributed by atoms with Crippen LogP contribution in [0.1, 0.15) is 25.2 Å². The van der Waals surface area contributed by atoms with Crippen molar-refractivity contribution in [2.45, 2.75) is 19.4 Å². The standard InChI is InChI=1S/C18H17F3N4O/c1-11(10-22-18(26)23-13-8-6-12(19)7-9-13)16-24-14-4-2-3-5-15(14)25(16)17(20)21/h2-9,11,17H,10H2,1H3,(H2,22,23,26)/t11-/m0/s1. The van der Waals surface area contributed by atoms with E-state index in [1.54, 1.807) is 31.2 Å². The first kappa shape index (κ1) is 17.8. The molecule has 0 radical (unpaired) electrons. The number of aromatic nitrogens is 2. The van der Waals surface area contributed by atoms with Crippen molar-refractivity contribution in [3.63, 3.8) is 0 Å². The fraction of sp³-hybridized carbons (Fsp3) is 0.222. The first-order chi connectivity index (χ1) is 12.5. The number of fused-ring (bicyclic) bond motifs is 1. The maximum absolute atomic E-state index is 13.5. The van der Waals surface area contributed by atoms with Crippen LogP contribution in [0.3, 0.4) is 0 Å². The molecular weight excluding hydrogens is 345 g/mol. The molecule has 26 heavy (non-hydrogen) atoms. The number of nitrogens with zero attached hydrogens (tertiary/aromatic N) is 2. The molecule has 0 aliphatic carbocycles. The van der Waals surface area contributed by atoms with Crippen LogP contribution < -0.4 is 10.6 Å². The molecular formula is C18H17F3N4O. The summed E-state index contributed by atoms with van der Waals surface area (Å²) in [6.45, 7) is -0.908. The van der Waals surface area contributed by atoms with Gasteiger partial charge >= 0.3 is 12.6 Å². The number of carbonyl (C=O) groups excluding carboxylic acids is 1. The highest BCUT2D eigenvalue weighted by Gasteiger charge is 2.22. The Labute approximate surface area is 147 Å². The smallest absolute Gasteiger partial charge is 0.320 e. The van der Waals surface area contributed by atoms with Crippen molar-refractivity contribution in [1.29, 1.82) is 0 Å². The number of hydrogen-bond donors (Lipinski definition) is 2. The van der Waals surface area contributed by atoms with Crippen LogP contribution >= 0.6 is 0 Å². The highest BCUT2D eigenvalue weighted by atomic mass is 19.3. The van der Waals surface area contributed by atoms with Gasteiger partial charge in [-0.1, -0.05) is 19.1 Å². The van der Waals surface area contributed by atoms with Gasteiger partial charge < -0.3 is 10.6 Å². The van der Waals surface area contributed by atoms with Crippen LogP contribution in [0.25, 0.3) is 11.0 Å². The summed E-state index contributed by atoms with van der Waals surface area (Å²) in [5, 5.41) is 5.16. The number of nitrogens with one attached hydrogen (secondary N) is 2. The van der Waals surface area contributed by atoms with Crippen molar-refractivity contribution < 1.29 is 18.0 Å². The van der Waals surface area contributed by atoms with Gasteiger partial charge in [0.25, 0.3) is 0 Å². The fourth-order valence-corrected chi connectivity index (χ4v) is 2.66. The molecule has 0 unspecified atom stereocenters. The molecule has 2 amide bonds.